The third-order valence-corrected chi connectivity index (χ3v) is 3.43. The van der Waals surface area contributed by atoms with Gasteiger partial charge in [0.1, 0.15) is 5.75 Å². The highest BCUT2D eigenvalue weighted by atomic mass is 16.5. The quantitative estimate of drug-likeness (QED) is 0.766. The van der Waals surface area contributed by atoms with Crippen LogP contribution >= 0.6 is 0 Å². The van der Waals surface area contributed by atoms with Crippen LogP contribution in [-0.2, 0) is 9.53 Å². The number of carbonyl (C=O) groups excluding carboxylic acids is 1. The molecule has 0 spiro atoms. The molecule has 6 nitrogen and oxygen atoms in total. The smallest absolute Gasteiger partial charge is 0.331 e. The molecule has 0 aliphatic carbocycles. The van der Waals surface area contributed by atoms with E-state index in [4.69, 9.17) is 9.47 Å². The van der Waals surface area contributed by atoms with Crippen molar-refractivity contribution in [2.24, 2.45) is 0 Å². The fourth-order valence-electron chi connectivity index (χ4n) is 2.26. The summed E-state index contributed by atoms with van der Waals surface area (Å²) in [5.41, 5.74) is 1.06. The molecule has 0 amide bonds. The third kappa shape index (κ3) is 3.77. The summed E-state index contributed by atoms with van der Waals surface area (Å²) in [5.74, 6) is 0.242. The Morgan fingerprint density at radius 3 is 2.70 bits per heavy atom. The molecule has 2 aromatic rings. The maximum Gasteiger partial charge on any atom is 0.331 e. The SMILES string of the molecule is CCOC(=O)[C@H](CC)n1nc(-c2cccc(OC)c2)ccc1=O. The zero-order chi connectivity index (χ0) is 16.8. The highest BCUT2D eigenvalue weighted by molar-refractivity contribution is 5.74. The molecule has 0 unspecified atom stereocenters. The summed E-state index contributed by atoms with van der Waals surface area (Å²) in [7, 11) is 1.58. The second-order valence-corrected chi connectivity index (χ2v) is 4.91. The van der Waals surface area contributed by atoms with Gasteiger partial charge in [0, 0.05) is 11.6 Å². The molecule has 0 radical (unpaired) electrons. The largest absolute Gasteiger partial charge is 0.497 e. The lowest BCUT2D eigenvalue weighted by Gasteiger charge is -2.16. The minimum absolute atomic E-state index is 0.264. The molecule has 0 saturated carbocycles. The van der Waals surface area contributed by atoms with Crippen molar-refractivity contribution in [2.45, 2.75) is 26.3 Å². The molecular formula is C17H20N2O4. The second kappa shape index (κ2) is 7.58. The van der Waals surface area contributed by atoms with Gasteiger partial charge in [0.15, 0.2) is 6.04 Å². The summed E-state index contributed by atoms with van der Waals surface area (Å²) in [6.45, 7) is 3.81. The predicted octanol–water partition coefficient (Wildman–Crippen LogP) is 2.43. The third-order valence-electron chi connectivity index (χ3n) is 3.43. The van der Waals surface area contributed by atoms with Gasteiger partial charge in [0.2, 0.25) is 0 Å². The normalized spacial score (nSPS) is 11.8. The van der Waals surface area contributed by atoms with Crippen molar-refractivity contribution in [2.75, 3.05) is 13.7 Å². The Morgan fingerprint density at radius 1 is 1.26 bits per heavy atom. The van der Waals surface area contributed by atoms with Crippen LogP contribution in [0, 0.1) is 0 Å². The summed E-state index contributed by atoms with van der Waals surface area (Å²) in [4.78, 5) is 24.1. The Morgan fingerprint density at radius 2 is 2.04 bits per heavy atom. The van der Waals surface area contributed by atoms with Gasteiger partial charge in [-0.2, -0.15) is 5.10 Å². The minimum atomic E-state index is -0.729. The molecule has 0 N–H and O–H groups in total. The lowest BCUT2D eigenvalue weighted by Crippen LogP contribution is -2.32. The molecule has 2 rings (SSSR count). The van der Waals surface area contributed by atoms with E-state index in [0.29, 0.717) is 17.9 Å². The molecule has 1 heterocycles. The zero-order valence-corrected chi connectivity index (χ0v) is 13.5. The summed E-state index contributed by atoms with van der Waals surface area (Å²) in [6, 6.07) is 9.66. The zero-order valence-electron chi connectivity index (χ0n) is 13.5. The maximum atomic E-state index is 12.1. The minimum Gasteiger partial charge on any atom is -0.497 e. The first kappa shape index (κ1) is 16.7. The van der Waals surface area contributed by atoms with E-state index >= 15 is 0 Å². The van der Waals surface area contributed by atoms with E-state index in [1.165, 1.54) is 10.7 Å². The number of esters is 1. The Kier molecular flexibility index (Phi) is 5.51. The number of carbonyl (C=O) groups is 1. The predicted molar refractivity (Wildman–Crippen MR) is 86.4 cm³/mol. The van der Waals surface area contributed by atoms with Crippen molar-refractivity contribution in [3.63, 3.8) is 0 Å². The van der Waals surface area contributed by atoms with E-state index in [9.17, 15) is 9.59 Å². The van der Waals surface area contributed by atoms with Gasteiger partial charge < -0.3 is 9.47 Å². The van der Waals surface area contributed by atoms with Crippen LogP contribution in [0.25, 0.3) is 11.3 Å². The van der Waals surface area contributed by atoms with Gasteiger partial charge in [0.05, 0.1) is 19.4 Å². The number of aromatic nitrogens is 2. The molecule has 1 aromatic heterocycles. The second-order valence-electron chi connectivity index (χ2n) is 4.91. The van der Waals surface area contributed by atoms with Crippen molar-refractivity contribution < 1.29 is 14.3 Å². The van der Waals surface area contributed by atoms with Crippen LogP contribution in [-0.4, -0.2) is 29.5 Å². The Labute approximate surface area is 134 Å². The average Bonchev–Trinajstić information content (AvgIpc) is 2.57. The number of methoxy groups -OCH3 is 1. The Bertz CT molecular complexity index is 739. The van der Waals surface area contributed by atoms with Gasteiger partial charge in [-0.3, -0.25) is 4.79 Å². The molecule has 0 bridgehead atoms. The van der Waals surface area contributed by atoms with E-state index < -0.39 is 12.0 Å². The highest BCUT2D eigenvalue weighted by Gasteiger charge is 2.22. The van der Waals surface area contributed by atoms with Crippen LogP contribution in [0.2, 0.25) is 0 Å². The molecule has 6 heteroatoms. The van der Waals surface area contributed by atoms with Crippen LogP contribution in [0.15, 0.2) is 41.2 Å². The van der Waals surface area contributed by atoms with Gasteiger partial charge in [-0.05, 0) is 31.5 Å². The van der Waals surface area contributed by atoms with Crippen molar-refractivity contribution >= 4 is 5.97 Å². The Hall–Kier alpha value is -2.63. The van der Waals surface area contributed by atoms with Crippen LogP contribution in [0.4, 0.5) is 0 Å². The fraction of sp³-hybridized carbons (Fsp3) is 0.353. The molecule has 1 atom stereocenters. The first-order chi connectivity index (χ1) is 11.1. The lowest BCUT2D eigenvalue weighted by molar-refractivity contribution is -0.147. The first-order valence-corrected chi connectivity index (χ1v) is 7.51. The van der Waals surface area contributed by atoms with E-state index in [-0.39, 0.29) is 12.2 Å². The van der Waals surface area contributed by atoms with Crippen LogP contribution < -0.4 is 10.3 Å². The fourth-order valence-corrected chi connectivity index (χ4v) is 2.26. The first-order valence-electron chi connectivity index (χ1n) is 7.51. The van der Waals surface area contributed by atoms with Crippen LogP contribution in [0.1, 0.15) is 26.3 Å². The lowest BCUT2D eigenvalue weighted by atomic mass is 10.1. The van der Waals surface area contributed by atoms with Gasteiger partial charge in [-0.15, -0.1) is 0 Å². The molecule has 0 saturated heterocycles. The molecule has 0 fully saturated rings. The summed E-state index contributed by atoms with van der Waals surface area (Å²) in [6.07, 6.45) is 0.424. The van der Waals surface area contributed by atoms with E-state index in [0.717, 1.165) is 5.56 Å². The number of ether oxygens (including phenoxy) is 2. The number of hydrogen-bond donors (Lipinski definition) is 0. The van der Waals surface area contributed by atoms with Crippen molar-refractivity contribution in [3.05, 3.63) is 46.8 Å². The summed E-state index contributed by atoms with van der Waals surface area (Å²) >= 11 is 0. The van der Waals surface area contributed by atoms with E-state index in [2.05, 4.69) is 5.10 Å². The number of rotatable bonds is 6. The number of nitrogens with zero attached hydrogens (tertiary/aromatic N) is 2. The monoisotopic (exact) mass is 316 g/mol. The summed E-state index contributed by atoms with van der Waals surface area (Å²) < 4.78 is 11.4. The molecule has 1 aromatic carbocycles. The van der Waals surface area contributed by atoms with Gasteiger partial charge in [-0.1, -0.05) is 19.1 Å². The van der Waals surface area contributed by atoms with E-state index in [1.807, 2.05) is 31.2 Å². The number of hydrogen-bond acceptors (Lipinski definition) is 5. The maximum absolute atomic E-state index is 12.1. The van der Waals surface area contributed by atoms with Crippen molar-refractivity contribution in [3.8, 4) is 17.0 Å². The topological polar surface area (TPSA) is 70.4 Å². The number of benzene rings is 1. The molecule has 23 heavy (non-hydrogen) atoms. The Balaban J connectivity index is 2.45. The van der Waals surface area contributed by atoms with Crippen molar-refractivity contribution in [1.29, 1.82) is 0 Å². The van der Waals surface area contributed by atoms with Crippen molar-refractivity contribution in [1.82, 2.24) is 9.78 Å². The highest BCUT2D eigenvalue weighted by Crippen LogP contribution is 2.22. The average molecular weight is 316 g/mol. The molecule has 122 valence electrons. The van der Waals surface area contributed by atoms with Gasteiger partial charge in [0.25, 0.3) is 5.56 Å². The van der Waals surface area contributed by atoms with Gasteiger partial charge in [-0.25, -0.2) is 9.48 Å². The summed E-state index contributed by atoms with van der Waals surface area (Å²) in [5, 5.41) is 4.34. The standard InChI is InChI=1S/C17H20N2O4/c1-4-15(17(21)23-5-2)19-16(20)10-9-14(18-19)12-7-6-8-13(11-12)22-3/h6-11,15H,4-5H2,1-3H3/t15-/m0/s1. The van der Waals surface area contributed by atoms with Crippen LogP contribution in [0.3, 0.4) is 0 Å². The van der Waals surface area contributed by atoms with E-state index in [1.54, 1.807) is 20.1 Å². The van der Waals surface area contributed by atoms with Crippen LogP contribution in [0.5, 0.6) is 5.75 Å². The molecular weight excluding hydrogens is 296 g/mol. The molecule has 0 aliphatic heterocycles. The van der Waals surface area contributed by atoms with Gasteiger partial charge >= 0.3 is 5.97 Å². The molecule has 0 aliphatic rings.